The third-order valence-corrected chi connectivity index (χ3v) is 4.26. The van der Waals surface area contributed by atoms with Crippen LogP contribution in [0.2, 0.25) is 0 Å². The van der Waals surface area contributed by atoms with Gasteiger partial charge in [-0.25, -0.2) is 8.78 Å². The van der Waals surface area contributed by atoms with Crippen LogP contribution in [0.15, 0.2) is 36.4 Å². The molecule has 0 aliphatic heterocycles. The molecule has 6 heteroatoms. The molecule has 2 aromatic carbocycles. The lowest BCUT2D eigenvalue weighted by atomic mass is 9.89. The summed E-state index contributed by atoms with van der Waals surface area (Å²) in [5, 5.41) is 10.2. The van der Waals surface area contributed by atoms with Crippen molar-refractivity contribution >= 4 is 5.69 Å². The van der Waals surface area contributed by atoms with Crippen LogP contribution in [-0.2, 0) is 11.3 Å². The van der Waals surface area contributed by atoms with E-state index in [1.165, 1.54) is 6.07 Å². The van der Waals surface area contributed by atoms with Crippen LogP contribution in [-0.4, -0.2) is 16.3 Å². The predicted octanol–water partition coefficient (Wildman–Crippen LogP) is 4.41. The highest BCUT2D eigenvalue weighted by molar-refractivity contribution is 5.49. The minimum absolute atomic E-state index is 0.0974. The zero-order chi connectivity index (χ0) is 18.8. The number of benzene rings is 2. The van der Waals surface area contributed by atoms with Gasteiger partial charge in [0.1, 0.15) is 11.6 Å². The Morgan fingerprint density at radius 3 is 2.24 bits per heavy atom. The van der Waals surface area contributed by atoms with E-state index >= 15 is 0 Å². The van der Waals surface area contributed by atoms with Crippen LogP contribution < -0.4 is 10.5 Å². The van der Waals surface area contributed by atoms with Gasteiger partial charge in [0.2, 0.25) is 0 Å². The third-order valence-electron chi connectivity index (χ3n) is 4.26. The lowest BCUT2D eigenvalue weighted by molar-refractivity contribution is -0.154. The van der Waals surface area contributed by atoms with Crippen LogP contribution in [0.4, 0.5) is 14.5 Å². The van der Waals surface area contributed by atoms with Crippen molar-refractivity contribution in [1.82, 2.24) is 0 Å². The number of rotatable bonds is 6. The lowest BCUT2D eigenvalue weighted by Crippen LogP contribution is -2.47. The van der Waals surface area contributed by atoms with Crippen LogP contribution in [0, 0.1) is 11.6 Å². The van der Waals surface area contributed by atoms with E-state index < -0.39 is 22.8 Å². The quantitative estimate of drug-likeness (QED) is 0.757. The average molecular weight is 351 g/mol. The van der Waals surface area contributed by atoms with Crippen LogP contribution in [0.1, 0.15) is 33.3 Å². The van der Waals surface area contributed by atoms with Gasteiger partial charge in [0, 0.05) is 17.3 Å². The Kier molecular flexibility index (Phi) is 5.34. The second-order valence-corrected chi connectivity index (χ2v) is 6.90. The number of nitrogen functional groups attached to an aromatic ring is 1. The largest absolute Gasteiger partial charge is 0.454 e. The van der Waals surface area contributed by atoms with Gasteiger partial charge in [-0.2, -0.15) is 0 Å². The van der Waals surface area contributed by atoms with E-state index in [1.807, 2.05) is 0 Å². The molecule has 3 N–H and O–H groups in total. The zero-order valence-electron chi connectivity index (χ0n) is 14.8. The fourth-order valence-electron chi connectivity index (χ4n) is 1.92. The van der Waals surface area contributed by atoms with Crippen molar-refractivity contribution in [3.8, 4) is 11.5 Å². The van der Waals surface area contributed by atoms with E-state index in [2.05, 4.69) is 0 Å². The average Bonchev–Trinajstić information content (AvgIpc) is 2.49. The van der Waals surface area contributed by atoms with Gasteiger partial charge in [-0.15, -0.1) is 0 Å². The molecule has 25 heavy (non-hydrogen) atoms. The highest BCUT2D eigenvalue weighted by Gasteiger charge is 2.36. The first-order valence-corrected chi connectivity index (χ1v) is 7.87. The second-order valence-electron chi connectivity index (χ2n) is 6.90. The Bertz CT molecular complexity index is 755. The number of ether oxygens (including phenoxy) is 2. The molecule has 0 heterocycles. The smallest absolute Gasteiger partial charge is 0.168 e. The molecule has 0 atom stereocenters. The summed E-state index contributed by atoms with van der Waals surface area (Å²) in [5.74, 6) is -1.25. The van der Waals surface area contributed by atoms with Gasteiger partial charge < -0.3 is 20.3 Å². The van der Waals surface area contributed by atoms with Crippen molar-refractivity contribution in [2.45, 2.75) is 45.5 Å². The number of aliphatic hydroxyl groups is 1. The fraction of sp³-hybridized carbons (Fsp3) is 0.368. The number of hydrogen-bond acceptors (Lipinski definition) is 4. The summed E-state index contributed by atoms with van der Waals surface area (Å²) in [7, 11) is 0. The maximum Gasteiger partial charge on any atom is 0.168 e. The minimum Gasteiger partial charge on any atom is -0.454 e. The molecule has 0 unspecified atom stereocenters. The van der Waals surface area contributed by atoms with Crippen molar-refractivity contribution in [1.29, 1.82) is 0 Å². The first-order chi connectivity index (χ1) is 11.5. The normalized spacial score (nSPS) is 12.3. The summed E-state index contributed by atoms with van der Waals surface area (Å²) >= 11 is 0. The molecule has 0 aliphatic carbocycles. The summed E-state index contributed by atoms with van der Waals surface area (Å²) in [5.41, 5.74) is 4.98. The predicted molar refractivity (Wildman–Crippen MR) is 92.5 cm³/mol. The van der Waals surface area contributed by atoms with Gasteiger partial charge in [0.25, 0.3) is 0 Å². The summed E-state index contributed by atoms with van der Waals surface area (Å²) < 4.78 is 38.2. The van der Waals surface area contributed by atoms with E-state index in [0.29, 0.717) is 17.0 Å². The van der Waals surface area contributed by atoms with E-state index in [-0.39, 0.29) is 12.4 Å². The molecule has 0 radical (unpaired) electrons. The van der Waals surface area contributed by atoms with Crippen molar-refractivity contribution in [2.75, 3.05) is 5.73 Å². The van der Waals surface area contributed by atoms with Crippen LogP contribution in [0.25, 0.3) is 0 Å². The van der Waals surface area contributed by atoms with Gasteiger partial charge in [0.05, 0.1) is 17.8 Å². The molecule has 2 rings (SSSR count). The van der Waals surface area contributed by atoms with E-state index in [0.717, 1.165) is 12.1 Å². The molecular weight excluding hydrogens is 328 g/mol. The van der Waals surface area contributed by atoms with Gasteiger partial charge in [-0.3, -0.25) is 0 Å². The molecule has 0 saturated carbocycles. The summed E-state index contributed by atoms with van der Waals surface area (Å²) in [6, 6.07) is 7.93. The van der Waals surface area contributed by atoms with Gasteiger partial charge in [0.15, 0.2) is 11.6 Å². The van der Waals surface area contributed by atoms with Gasteiger partial charge in [-0.05, 0) is 58.0 Å². The summed E-state index contributed by atoms with van der Waals surface area (Å²) in [6.45, 7) is 6.93. The molecule has 0 fully saturated rings. The molecule has 0 aliphatic rings. The van der Waals surface area contributed by atoms with Crippen molar-refractivity contribution in [3.63, 3.8) is 0 Å². The first kappa shape index (κ1) is 19.1. The highest BCUT2D eigenvalue weighted by atomic mass is 19.1. The zero-order valence-corrected chi connectivity index (χ0v) is 14.8. The number of halogens is 2. The fourth-order valence-corrected chi connectivity index (χ4v) is 1.92. The maximum atomic E-state index is 13.8. The summed E-state index contributed by atoms with van der Waals surface area (Å²) in [4.78, 5) is 0. The molecule has 2 aromatic rings. The Morgan fingerprint density at radius 2 is 1.64 bits per heavy atom. The molecule has 0 saturated heterocycles. The van der Waals surface area contributed by atoms with E-state index in [4.69, 9.17) is 15.2 Å². The van der Waals surface area contributed by atoms with Crippen LogP contribution in [0.5, 0.6) is 11.5 Å². The SMILES string of the molecule is CC(C)(O)C(C)(C)OCc1cc(N)ccc1Oc1ccc(F)cc1F. The van der Waals surface area contributed by atoms with Crippen molar-refractivity contribution in [3.05, 3.63) is 53.6 Å². The van der Waals surface area contributed by atoms with Gasteiger partial charge in [-0.1, -0.05) is 0 Å². The van der Waals surface area contributed by atoms with E-state index in [9.17, 15) is 13.9 Å². The van der Waals surface area contributed by atoms with Crippen LogP contribution in [0.3, 0.4) is 0 Å². The topological polar surface area (TPSA) is 64.7 Å². The summed E-state index contributed by atoms with van der Waals surface area (Å²) in [6.07, 6.45) is 0. The number of anilines is 1. The number of hydrogen-bond donors (Lipinski definition) is 2. The Morgan fingerprint density at radius 1 is 1.00 bits per heavy atom. The maximum absolute atomic E-state index is 13.8. The molecule has 4 nitrogen and oxygen atoms in total. The molecular formula is C19H23F2NO3. The third kappa shape index (κ3) is 4.67. The monoisotopic (exact) mass is 351 g/mol. The van der Waals surface area contributed by atoms with Crippen molar-refractivity contribution in [2.24, 2.45) is 0 Å². The second kappa shape index (κ2) is 6.98. The Labute approximate surface area is 146 Å². The molecule has 0 spiro atoms. The Balaban J connectivity index is 2.25. The standard InChI is InChI=1S/C19H23F2NO3/c1-18(2,23)19(3,4)24-11-12-9-14(22)6-8-16(12)25-17-7-5-13(20)10-15(17)21/h5-10,23H,11,22H2,1-4H3. The Hall–Kier alpha value is -2.18. The number of nitrogens with two attached hydrogens (primary N) is 1. The highest BCUT2D eigenvalue weighted by Crippen LogP contribution is 2.32. The molecule has 136 valence electrons. The molecule has 0 bridgehead atoms. The van der Waals surface area contributed by atoms with Gasteiger partial charge >= 0.3 is 0 Å². The van der Waals surface area contributed by atoms with Crippen molar-refractivity contribution < 1.29 is 23.4 Å². The minimum atomic E-state index is -1.07. The van der Waals surface area contributed by atoms with Crippen LogP contribution >= 0.6 is 0 Å². The lowest BCUT2D eigenvalue weighted by Gasteiger charge is -2.37. The van der Waals surface area contributed by atoms with E-state index in [1.54, 1.807) is 45.9 Å². The molecule has 0 aromatic heterocycles. The molecule has 0 amide bonds. The first-order valence-electron chi connectivity index (χ1n) is 7.87.